The highest BCUT2D eigenvalue weighted by Gasteiger charge is 2.10. The van der Waals surface area contributed by atoms with E-state index >= 15 is 0 Å². The van der Waals surface area contributed by atoms with Crippen LogP contribution in [-0.2, 0) is 11.2 Å². The highest BCUT2D eigenvalue weighted by atomic mass is 32.1. The van der Waals surface area contributed by atoms with Gasteiger partial charge in [-0.2, -0.15) is 9.37 Å². The van der Waals surface area contributed by atoms with Gasteiger partial charge in [0.25, 0.3) is 0 Å². The molecule has 0 radical (unpaired) electrons. The first kappa shape index (κ1) is 10.1. The normalized spacial score (nSPS) is 10.1. The van der Waals surface area contributed by atoms with Crippen LogP contribution in [0.3, 0.4) is 0 Å². The third kappa shape index (κ3) is 2.77. The number of aryl methyl sites for hydroxylation is 1. The Hall–Kier alpha value is -0.970. The van der Waals surface area contributed by atoms with Gasteiger partial charge in [-0.05, 0) is 6.42 Å². The van der Waals surface area contributed by atoms with Gasteiger partial charge in [-0.3, -0.25) is 4.79 Å². The first-order valence-electron chi connectivity index (χ1n) is 4.06. The maximum Gasteiger partial charge on any atom is 0.228 e. The molecule has 0 bridgehead atoms. The molecule has 0 aromatic carbocycles. The Morgan fingerprint density at radius 1 is 1.77 bits per heavy atom. The number of carbonyl (C=O) groups excluding carboxylic acids is 1. The number of carbonyl (C=O) groups is 1. The van der Waals surface area contributed by atoms with Gasteiger partial charge in [0, 0.05) is 8.35 Å². The number of hydrogen-bond donors (Lipinski definition) is 1. The molecule has 0 fully saturated rings. The number of rotatable bonds is 3. The molecule has 0 saturated carbocycles. The fourth-order valence-electron chi connectivity index (χ4n) is 0.918. The zero-order chi connectivity index (χ0) is 9.84. The van der Waals surface area contributed by atoms with E-state index in [0.717, 1.165) is 6.42 Å². The van der Waals surface area contributed by atoms with Crippen molar-refractivity contribution in [2.24, 2.45) is 0 Å². The summed E-state index contributed by atoms with van der Waals surface area (Å²) in [5.41, 5.74) is 0. The van der Waals surface area contributed by atoms with Gasteiger partial charge < -0.3 is 5.32 Å². The summed E-state index contributed by atoms with van der Waals surface area (Å²) < 4.78 is 13.0. The minimum atomic E-state index is -0.462. The summed E-state index contributed by atoms with van der Waals surface area (Å²) >= 11 is 1.19. The Bertz CT molecular complexity index is 316. The molecule has 1 heterocycles. The van der Waals surface area contributed by atoms with Crippen LogP contribution in [0.1, 0.15) is 26.6 Å². The van der Waals surface area contributed by atoms with E-state index in [-0.39, 0.29) is 7.33 Å². The number of thiazole rings is 1. The van der Waals surface area contributed by atoms with Crippen molar-refractivity contribution >= 4 is 22.4 Å². The van der Waals surface area contributed by atoms with Crippen molar-refractivity contribution in [1.82, 2.24) is 4.98 Å². The summed E-state index contributed by atoms with van der Waals surface area (Å²) in [7, 11) is 0. The van der Waals surface area contributed by atoms with Crippen molar-refractivity contribution in [1.29, 1.82) is 0 Å². The Morgan fingerprint density at radius 3 is 3.00 bits per heavy atom. The van der Waals surface area contributed by atoms with E-state index in [4.69, 9.17) is 0 Å². The Kier molecular flexibility index (Phi) is 3.36. The zero-order valence-corrected chi connectivity index (χ0v) is 8.37. The van der Waals surface area contributed by atoms with E-state index in [0.29, 0.717) is 16.4 Å². The van der Waals surface area contributed by atoms with Crippen molar-refractivity contribution < 1.29 is 10.6 Å². The number of anilines is 1. The third-order valence-corrected chi connectivity index (χ3v) is 2.42. The molecule has 3 nitrogen and oxygen atoms in total. The topological polar surface area (TPSA) is 42.0 Å². The van der Waals surface area contributed by atoms with Crippen LogP contribution in [0, 0.1) is 5.95 Å². The first-order valence-corrected chi connectivity index (χ1v) is 4.88. The van der Waals surface area contributed by atoms with Gasteiger partial charge in [-0.25, -0.2) is 0 Å². The van der Waals surface area contributed by atoms with Crippen LogP contribution in [0.15, 0.2) is 0 Å². The standard InChI is InChI=1S/C8H11FN2OS.H2/c1-3-4-6-7(9)11-8(13-6)10-5(2)12;/h3-4H2,1-2H3,(H,10,11,12);1H. The summed E-state index contributed by atoms with van der Waals surface area (Å²) in [4.78, 5) is 14.8. The molecule has 0 saturated heterocycles. The molecule has 1 amide bonds. The monoisotopic (exact) mass is 204 g/mol. The lowest BCUT2D eigenvalue weighted by atomic mass is 10.3. The molecule has 1 aromatic heterocycles. The second kappa shape index (κ2) is 4.32. The van der Waals surface area contributed by atoms with Crippen molar-refractivity contribution in [3.63, 3.8) is 0 Å². The second-order valence-electron chi connectivity index (χ2n) is 2.66. The fraction of sp³-hybridized carbons (Fsp3) is 0.500. The van der Waals surface area contributed by atoms with Crippen molar-refractivity contribution in [3.05, 3.63) is 10.8 Å². The predicted octanol–water partition coefficient (Wildman–Crippen LogP) is 2.44. The summed E-state index contributed by atoms with van der Waals surface area (Å²) in [6.45, 7) is 3.34. The van der Waals surface area contributed by atoms with E-state index in [1.54, 1.807) is 0 Å². The molecule has 0 aliphatic heterocycles. The van der Waals surface area contributed by atoms with Crippen LogP contribution >= 0.6 is 11.3 Å². The third-order valence-electron chi connectivity index (χ3n) is 1.41. The molecule has 0 aliphatic carbocycles. The van der Waals surface area contributed by atoms with E-state index < -0.39 is 5.95 Å². The van der Waals surface area contributed by atoms with Gasteiger partial charge in [0.05, 0.1) is 4.88 Å². The predicted molar refractivity (Wildman–Crippen MR) is 52.5 cm³/mol. The average Bonchev–Trinajstić information content (AvgIpc) is 2.31. The van der Waals surface area contributed by atoms with Crippen LogP contribution in [0.4, 0.5) is 9.52 Å². The molecule has 0 unspecified atom stereocenters. The van der Waals surface area contributed by atoms with E-state index in [1.807, 2.05) is 6.92 Å². The number of halogens is 1. The van der Waals surface area contributed by atoms with Gasteiger partial charge >= 0.3 is 0 Å². The Morgan fingerprint density at radius 2 is 2.46 bits per heavy atom. The van der Waals surface area contributed by atoms with Crippen molar-refractivity contribution in [2.75, 3.05) is 5.32 Å². The highest BCUT2D eigenvalue weighted by Crippen LogP contribution is 2.22. The fourth-order valence-corrected chi connectivity index (χ4v) is 1.91. The maximum atomic E-state index is 13.0. The molecule has 13 heavy (non-hydrogen) atoms. The van der Waals surface area contributed by atoms with Crippen LogP contribution in [0.25, 0.3) is 0 Å². The molecule has 0 spiro atoms. The maximum absolute atomic E-state index is 13.0. The molecule has 74 valence electrons. The minimum absolute atomic E-state index is 0. The van der Waals surface area contributed by atoms with E-state index in [2.05, 4.69) is 10.3 Å². The minimum Gasteiger partial charge on any atom is -0.302 e. The molecule has 1 aromatic rings. The number of hydrogen-bond acceptors (Lipinski definition) is 3. The Balaban J connectivity index is 0.00000169. The van der Waals surface area contributed by atoms with Crippen LogP contribution in [0.5, 0.6) is 0 Å². The van der Waals surface area contributed by atoms with E-state index in [1.165, 1.54) is 18.3 Å². The number of aromatic nitrogens is 1. The summed E-state index contributed by atoms with van der Waals surface area (Å²) in [5.74, 6) is -0.688. The van der Waals surface area contributed by atoms with Crippen LogP contribution in [0.2, 0.25) is 0 Å². The van der Waals surface area contributed by atoms with Gasteiger partial charge in [0.15, 0.2) is 5.13 Å². The highest BCUT2D eigenvalue weighted by molar-refractivity contribution is 7.15. The average molecular weight is 204 g/mol. The quantitative estimate of drug-likeness (QED) is 0.821. The lowest BCUT2D eigenvalue weighted by Gasteiger charge is -1.91. The number of nitrogens with one attached hydrogen (secondary N) is 1. The smallest absolute Gasteiger partial charge is 0.228 e. The first-order chi connectivity index (χ1) is 6.13. The largest absolute Gasteiger partial charge is 0.302 e. The molecule has 1 rings (SSSR count). The zero-order valence-electron chi connectivity index (χ0n) is 7.56. The lowest BCUT2D eigenvalue weighted by Crippen LogP contribution is -2.04. The van der Waals surface area contributed by atoms with Crippen LogP contribution in [-0.4, -0.2) is 10.9 Å². The second-order valence-corrected chi connectivity index (χ2v) is 3.75. The van der Waals surface area contributed by atoms with Crippen molar-refractivity contribution in [3.8, 4) is 0 Å². The number of amides is 1. The number of nitrogens with zero attached hydrogens (tertiary/aromatic N) is 1. The van der Waals surface area contributed by atoms with Crippen LogP contribution < -0.4 is 5.32 Å². The summed E-state index contributed by atoms with van der Waals surface area (Å²) in [6.07, 6.45) is 1.54. The van der Waals surface area contributed by atoms with Gasteiger partial charge in [-0.15, -0.1) is 0 Å². The molecule has 1 N–H and O–H groups in total. The van der Waals surface area contributed by atoms with Gasteiger partial charge in [0.2, 0.25) is 11.9 Å². The summed E-state index contributed by atoms with van der Waals surface area (Å²) in [6, 6.07) is 0. The summed E-state index contributed by atoms with van der Waals surface area (Å²) in [5, 5.41) is 2.79. The van der Waals surface area contributed by atoms with Gasteiger partial charge in [0.1, 0.15) is 0 Å². The SMILES string of the molecule is CCCc1sc(NC(C)=O)nc1F.[HH]. The lowest BCUT2D eigenvalue weighted by molar-refractivity contribution is -0.114. The van der Waals surface area contributed by atoms with E-state index in [9.17, 15) is 9.18 Å². The van der Waals surface area contributed by atoms with Gasteiger partial charge in [-0.1, -0.05) is 24.7 Å². The molecular weight excluding hydrogens is 191 g/mol. The Labute approximate surface area is 81.5 Å². The van der Waals surface area contributed by atoms with Crippen molar-refractivity contribution in [2.45, 2.75) is 26.7 Å². The molecular formula is C8H13FN2OS. The molecule has 0 atom stereocenters. The molecule has 0 aliphatic rings. The molecule has 5 heteroatoms.